The van der Waals surface area contributed by atoms with Gasteiger partial charge in [0.05, 0.1) is 12.1 Å². The van der Waals surface area contributed by atoms with Crippen molar-refractivity contribution in [2.45, 2.75) is 6.54 Å². The summed E-state index contributed by atoms with van der Waals surface area (Å²) >= 11 is 0. The molecule has 0 aliphatic rings. The van der Waals surface area contributed by atoms with Crippen molar-refractivity contribution in [3.63, 3.8) is 0 Å². The Kier molecular flexibility index (Phi) is 3.00. The topological polar surface area (TPSA) is 72.2 Å². The predicted molar refractivity (Wildman–Crippen MR) is 61.0 cm³/mol. The van der Waals surface area contributed by atoms with Crippen LogP contribution in [0.2, 0.25) is 0 Å². The Labute approximate surface area is 97.0 Å². The summed E-state index contributed by atoms with van der Waals surface area (Å²) in [5, 5.41) is 9.01. The summed E-state index contributed by atoms with van der Waals surface area (Å²) in [5.41, 5.74) is 0.381. The van der Waals surface area contributed by atoms with Crippen LogP contribution < -0.4 is 5.69 Å². The van der Waals surface area contributed by atoms with Gasteiger partial charge in [-0.05, 0) is 17.7 Å². The van der Waals surface area contributed by atoms with E-state index in [0.717, 1.165) is 0 Å². The number of hydrogen-bond donors (Lipinski definition) is 1. The monoisotopic (exact) mass is 230 g/mol. The minimum Gasteiger partial charge on any atom is -0.478 e. The zero-order valence-electron chi connectivity index (χ0n) is 8.91. The molecule has 0 bridgehead atoms. The molecule has 0 fully saturated rings. The Hall–Kier alpha value is -2.43. The summed E-state index contributed by atoms with van der Waals surface area (Å²) in [7, 11) is 0. The first kappa shape index (κ1) is 11.1. The minimum atomic E-state index is -1.00. The van der Waals surface area contributed by atoms with E-state index < -0.39 is 11.7 Å². The molecule has 0 saturated heterocycles. The van der Waals surface area contributed by atoms with Gasteiger partial charge in [-0.15, -0.1) is 0 Å². The SMILES string of the molecule is O=C(O)c1ccccc1Cn1cccnc1=O. The lowest BCUT2D eigenvalue weighted by molar-refractivity contribution is 0.0695. The van der Waals surface area contributed by atoms with Gasteiger partial charge in [-0.25, -0.2) is 14.6 Å². The molecular weight excluding hydrogens is 220 g/mol. The van der Waals surface area contributed by atoms with Crippen molar-refractivity contribution in [3.8, 4) is 0 Å². The third-order valence-electron chi connectivity index (χ3n) is 2.37. The van der Waals surface area contributed by atoms with Gasteiger partial charge in [-0.2, -0.15) is 0 Å². The number of nitrogens with zero attached hydrogens (tertiary/aromatic N) is 2. The molecule has 0 aliphatic heterocycles. The van der Waals surface area contributed by atoms with Crippen LogP contribution in [-0.4, -0.2) is 20.6 Å². The summed E-state index contributed by atoms with van der Waals surface area (Å²) in [6.45, 7) is 0.204. The van der Waals surface area contributed by atoms with Crippen molar-refractivity contribution in [2.75, 3.05) is 0 Å². The molecule has 0 amide bonds. The molecule has 0 unspecified atom stereocenters. The molecule has 1 heterocycles. The van der Waals surface area contributed by atoms with E-state index in [4.69, 9.17) is 5.11 Å². The normalized spacial score (nSPS) is 10.1. The van der Waals surface area contributed by atoms with E-state index in [2.05, 4.69) is 4.98 Å². The molecule has 0 saturated carbocycles. The molecule has 0 spiro atoms. The van der Waals surface area contributed by atoms with E-state index in [0.29, 0.717) is 5.56 Å². The Bertz CT molecular complexity index is 604. The second kappa shape index (κ2) is 4.61. The molecule has 0 radical (unpaired) electrons. The zero-order valence-corrected chi connectivity index (χ0v) is 8.91. The van der Waals surface area contributed by atoms with Crippen LogP contribution in [0.3, 0.4) is 0 Å². The fourth-order valence-electron chi connectivity index (χ4n) is 1.56. The molecule has 0 aliphatic carbocycles. The fraction of sp³-hybridized carbons (Fsp3) is 0.0833. The molecule has 2 aromatic rings. The standard InChI is InChI=1S/C12H10N2O3/c15-11(16)10-5-2-1-4-9(10)8-14-7-3-6-13-12(14)17/h1-7H,8H2,(H,15,16). The van der Waals surface area contributed by atoms with Crippen LogP contribution in [0.25, 0.3) is 0 Å². The number of hydrogen-bond acceptors (Lipinski definition) is 3. The van der Waals surface area contributed by atoms with Gasteiger partial charge in [0.15, 0.2) is 0 Å². The van der Waals surface area contributed by atoms with Crippen molar-refractivity contribution in [2.24, 2.45) is 0 Å². The van der Waals surface area contributed by atoms with E-state index >= 15 is 0 Å². The lowest BCUT2D eigenvalue weighted by Crippen LogP contribution is -2.22. The van der Waals surface area contributed by atoms with Gasteiger partial charge in [0, 0.05) is 12.4 Å². The third kappa shape index (κ3) is 2.39. The highest BCUT2D eigenvalue weighted by Crippen LogP contribution is 2.09. The van der Waals surface area contributed by atoms with E-state index in [1.807, 2.05) is 0 Å². The second-order valence-corrected chi connectivity index (χ2v) is 3.49. The van der Waals surface area contributed by atoms with Crippen molar-refractivity contribution in [3.05, 3.63) is 64.3 Å². The molecule has 2 rings (SSSR count). The summed E-state index contributed by atoms with van der Waals surface area (Å²) in [5.74, 6) is -1.00. The Morgan fingerprint density at radius 3 is 2.76 bits per heavy atom. The number of carbonyl (C=O) groups is 1. The third-order valence-corrected chi connectivity index (χ3v) is 2.37. The number of aromatic nitrogens is 2. The van der Waals surface area contributed by atoms with E-state index in [1.165, 1.54) is 16.8 Å². The highest BCUT2D eigenvalue weighted by atomic mass is 16.4. The van der Waals surface area contributed by atoms with E-state index in [1.54, 1.807) is 30.5 Å². The Morgan fingerprint density at radius 1 is 1.29 bits per heavy atom. The molecule has 5 heteroatoms. The molecule has 1 N–H and O–H groups in total. The first-order valence-electron chi connectivity index (χ1n) is 5.01. The van der Waals surface area contributed by atoms with Gasteiger partial charge in [-0.3, -0.25) is 4.57 Å². The van der Waals surface area contributed by atoms with Crippen LogP contribution >= 0.6 is 0 Å². The van der Waals surface area contributed by atoms with Gasteiger partial charge >= 0.3 is 11.7 Å². The quantitative estimate of drug-likeness (QED) is 0.853. The second-order valence-electron chi connectivity index (χ2n) is 3.49. The maximum Gasteiger partial charge on any atom is 0.347 e. The maximum atomic E-state index is 11.4. The molecule has 1 aromatic heterocycles. The molecular formula is C12H10N2O3. The number of carboxylic acid groups (broad SMARTS) is 1. The number of rotatable bonds is 3. The lowest BCUT2D eigenvalue weighted by atomic mass is 10.1. The van der Waals surface area contributed by atoms with Crippen LogP contribution in [0, 0.1) is 0 Å². The summed E-state index contributed by atoms with van der Waals surface area (Å²) in [6, 6.07) is 8.22. The van der Waals surface area contributed by atoms with Crippen molar-refractivity contribution < 1.29 is 9.90 Å². The number of carboxylic acids is 1. The molecule has 17 heavy (non-hydrogen) atoms. The van der Waals surface area contributed by atoms with Crippen LogP contribution in [0.5, 0.6) is 0 Å². The predicted octanol–water partition coefficient (Wildman–Crippen LogP) is 0.990. The Morgan fingerprint density at radius 2 is 2.06 bits per heavy atom. The molecule has 86 valence electrons. The van der Waals surface area contributed by atoms with Crippen LogP contribution in [0.15, 0.2) is 47.5 Å². The Balaban J connectivity index is 2.40. The van der Waals surface area contributed by atoms with E-state index in [9.17, 15) is 9.59 Å². The summed E-state index contributed by atoms with van der Waals surface area (Å²) in [6.07, 6.45) is 2.98. The van der Waals surface area contributed by atoms with Crippen molar-refractivity contribution in [1.29, 1.82) is 0 Å². The first-order valence-corrected chi connectivity index (χ1v) is 5.01. The summed E-state index contributed by atoms with van der Waals surface area (Å²) in [4.78, 5) is 26.0. The lowest BCUT2D eigenvalue weighted by Gasteiger charge is -2.07. The van der Waals surface area contributed by atoms with Crippen LogP contribution in [-0.2, 0) is 6.54 Å². The smallest absolute Gasteiger partial charge is 0.347 e. The van der Waals surface area contributed by atoms with Crippen molar-refractivity contribution in [1.82, 2.24) is 9.55 Å². The highest BCUT2D eigenvalue weighted by molar-refractivity contribution is 5.89. The van der Waals surface area contributed by atoms with Crippen LogP contribution in [0.1, 0.15) is 15.9 Å². The van der Waals surface area contributed by atoms with Gasteiger partial charge in [0.1, 0.15) is 0 Å². The van der Waals surface area contributed by atoms with Gasteiger partial charge < -0.3 is 5.11 Å². The molecule has 5 nitrogen and oxygen atoms in total. The highest BCUT2D eigenvalue weighted by Gasteiger charge is 2.09. The van der Waals surface area contributed by atoms with Crippen molar-refractivity contribution >= 4 is 5.97 Å². The zero-order chi connectivity index (χ0) is 12.3. The fourth-order valence-corrected chi connectivity index (χ4v) is 1.56. The molecule has 0 atom stereocenters. The summed E-state index contributed by atoms with van der Waals surface area (Å²) < 4.78 is 1.36. The first-order chi connectivity index (χ1) is 8.18. The van der Waals surface area contributed by atoms with Crippen LogP contribution in [0.4, 0.5) is 0 Å². The number of benzene rings is 1. The van der Waals surface area contributed by atoms with Gasteiger partial charge in [0.25, 0.3) is 0 Å². The largest absolute Gasteiger partial charge is 0.478 e. The maximum absolute atomic E-state index is 11.4. The van der Waals surface area contributed by atoms with Gasteiger partial charge in [0.2, 0.25) is 0 Å². The van der Waals surface area contributed by atoms with E-state index in [-0.39, 0.29) is 12.1 Å². The minimum absolute atomic E-state index is 0.197. The van der Waals surface area contributed by atoms with Gasteiger partial charge in [-0.1, -0.05) is 18.2 Å². The average Bonchev–Trinajstić information content (AvgIpc) is 2.32. The average molecular weight is 230 g/mol. The number of aromatic carboxylic acids is 1. The molecule has 1 aromatic carbocycles.